The number of methoxy groups -OCH3 is 1. The average Bonchev–Trinajstić information content (AvgIpc) is 2.60. The Labute approximate surface area is 86.1 Å². The third-order valence-corrected chi connectivity index (χ3v) is 2.20. The molecule has 2 aromatic rings. The number of furan rings is 1. The van der Waals surface area contributed by atoms with E-state index in [1.807, 2.05) is 0 Å². The Morgan fingerprint density at radius 2 is 2.33 bits per heavy atom. The van der Waals surface area contributed by atoms with Crippen LogP contribution in [0, 0.1) is 0 Å². The molecule has 78 valence electrons. The lowest BCUT2D eigenvalue weighted by Gasteiger charge is -1.99. The molecule has 0 aliphatic rings. The van der Waals surface area contributed by atoms with Gasteiger partial charge in [-0.3, -0.25) is 4.79 Å². The first-order chi connectivity index (χ1) is 7.20. The molecule has 0 spiro atoms. The molecule has 1 aromatic carbocycles. The van der Waals surface area contributed by atoms with Gasteiger partial charge < -0.3 is 14.3 Å². The molecular formula is C11H10O4. The van der Waals surface area contributed by atoms with Crippen LogP contribution in [0.3, 0.4) is 0 Å². The summed E-state index contributed by atoms with van der Waals surface area (Å²) in [5.74, 6) is -0.184. The number of aliphatic carboxylic acids is 1. The summed E-state index contributed by atoms with van der Waals surface area (Å²) in [7, 11) is 1.57. The zero-order chi connectivity index (χ0) is 10.8. The van der Waals surface area contributed by atoms with Crippen molar-refractivity contribution < 1.29 is 19.1 Å². The molecule has 4 heteroatoms. The highest BCUT2D eigenvalue weighted by molar-refractivity contribution is 5.86. The fourth-order valence-corrected chi connectivity index (χ4v) is 1.49. The van der Waals surface area contributed by atoms with Crippen molar-refractivity contribution in [1.29, 1.82) is 0 Å². The molecule has 0 bridgehead atoms. The predicted molar refractivity (Wildman–Crippen MR) is 54.1 cm³/mol. The van der Waals surface area contributed by atoms with Gasteiger partial charge in [0.2, 0.25) is 0 Å². The smallest absolute Gasteiger partial charge is 0.307 e. The van der Waals surface area contributed by atoms with E-state index in [0.29, 0.717) is 16.9 Å². The monoisotopic (exact) mass is 206 g/mol. The highest BCUT2D eigenvalue weighted by Gasteiger charge is 2.09. The number of benzene rings is 1. The van der Waals surface area contributed by atoms with Crippen molar-refractivity contribution in [2.45, 2.75) is 6.42 Å². The highest BCUT2D eigenvalue weighted by atomic mass is 16.5. The largest absolute Gasteiger partial charge is 0.497 e. The van der Waals surface area contributed by atoms with Crippen LogP contribution in [0.5, 0.6) is 5.75 Å². The van der Waals surface area contributed by atoms with Crippen LogP contribution < -0.4 is 4.74 Å². The number of fused-ring (bicyclic) bond motifs is 1. The molecule has 15 heavy (non-hydrogen) atoms. The Morgan fingerprint density at radius 3 is 3.00 bits per heavy atom. The van der Waals surface area contributed by atoms with Crippen molar-refractivity contribution in [3.05, 3.63) is 30.0 Å². The summed E-state index contributed by atoms with van der Waals surface area (Å²) in [4.78, 5) is 10.6. The summed E-state index contributed by atoms with van der Waals surface area (Å²) in [5.41, 5.74) is 1.34. The lowest BCUT2D eigenvalue weighted by Crippen LogP contribution is -1.98. The van der Waals surface area contributed by atoms with Crippen molar-refractivity contribution >= 4 is 16.9 Å². The van der Waals surface area contributed by atoms with Crippen molar-refractivity contribution in [3.8, 4) is 5.75 Å². The van der Waals surface area contributed by atoms with Crippen LogP contribution in [0.4, 0.5) is 0 Å². The standard InChI is InChI=1S/C11H10O4/c1-14-8-2-3-10-9(5-8)7(6-15-10)4-11(12)13/h2-3,5-6H,4H2,1H3,(H,12,13). The first kappa shape index (κ1) is 9.58. The van der Waals surface area contributed by atoms with E-state index in [1.165, 1.54) is 6.26 Å². The fourth-order valence-electron chi connectivity index (χ4n) is 1.49. The quantitative estimate of drug-likeness (QED) is 0.835. The van der Waals surface area contributed by atoms with Crippen LogP contribution in [-0.4, -0.2) is 18.2 Å². The van der Waals surface area contributed by atoms with Crippen LogP contribution in [-0.2, 0) is 11.2 Å². The summed E-state index contributed by atoms with van der Waals surface area (Å²) < 4.78 is 10.3. The van der Waals surface area contributed by atoms with E-state index < -0.39 is 5.97 Å². The first-order valence-electron chi connectivity index (χ1n) is 4.46. The Morgan fingerprint density at radius 1 is 1.53 bits per heavy atom. The van der Waals surface area contributed by atoms with E-state index in [2.05, 4.69) is 0 Å². The fraction of sp³-hybridized carbons (Fsp3) is 0.182. The zero-order valence-corrected chi connectivity index (χ0v) is 8.19. The number of carboxylic acid groups (broad SMARTS) is 1. The predicted octanol–water partition coefficient (Wildman–Crippen LogP) is 2.07. The van der Waals surface area contributed by atoms with E-state index in [9.17, 15) is 4.79 Å². The third kappa shape index (κ3) is 1.79. The topological polar surface area (TPSA) is 59.7 Å². The molecule has 0 fully saturated rings. The minimum Gasteiger partial charge on any atom is -0.497 e. The summed E-state index contributed by atoms with van der Waals surface area (Å²) in [6, 6.07) is 5.31. The maximum Gasteiger partial charge on any atom is 0.307 e. The molecule has 0 aliphatic heterocycles. The van der Waals surface area contributed by atoms with Gasteiger partial charge in [0.15, 0.2) is 0 Å². The summed E-state index contributed by atoms with van der Waals surface area (Å²) in [6.45, 7) is 0. The maximum absolute atomic E-state index is 10.6. The van der Waals surface area contributed by atoms with Crippen molar-refractivity contribution in [3.63, 3.8) is 0 Å². The van der Waals surface area contributed by atoms with Gasteiger partial charge in [-0.2, -0.15) is 0 Å². The molecular weight excluding hydrogens is 196 g/mol. The van der Waals surface area contributed by atoms with E-state index in [1.54, 1.807) is 25.3 Å². The van der Waals surface area contributed by atoms with Gasteiger partial charge in [0.25, 0.3) is 0 Å². The Balaban J connectivity index is 2.51. The molecule has 2 rings (SSSR count). The molecule has 0 saturated heterocycles. The SMILES string of the molecule is COc1ccc2occ(CC(=O)O)c2c1. The number of hydrogen-bond donors (Lipinski definition) is 1. The molecule has 0 amide bonds. The first-order valence-corrected chi connectivity index (χ1v) is 4.46. The minimum absolute atomic E-state index is 0.0415. The molecule has 0 saturated carbocycles. The van der Waals surface area contributed by atoms with Crippen molar-refractivity contribution in [2.75, 3.05) is 7.11 Å². The van der Waals surface area contributed by atoms with Crippen LogP contribution in [0.15, 0.2) is 28.9 Å². The molecule has 0 atom stereocenters. The Bertz CT molecular complexity index is 498. The van der Waals surface area contributed by atoms with Crippen molar-refractivity contribution in [1.82, 2.24) is 0 Å². The zero-order valence-electron chi connectivity index (χ0n) is 8.19. The number of carbonyl (C=O) groups is 1. The van der Waals surface area contributed by atoms with Gasteiger partial charge in [0.05, 0.1) is 19.8 Å². The molecule has 0 aliphatic carbocycles. The summed E-state index contributed by atoms with van der Waals surface area (Å²) >= 11 is 0. The van der Waals surface area contributed by atoms with E-state index >= 15 is 0 Å². The van der Waals surface area contributed by atoms with Gasteiger partial charge in [-0.15, -0.1) is 0 Å². The van der Waals surface area contributed by atoms with Crippen LogP contribution in [0.2, 0.25) is 0 Å². The molecule has 1 heterocycles. The minimum atomic E-state index is -0.875. The number of ether oxygens (including phenoxy) is 1. The van der Waals surface area contributed by atoms with Crippen LogP contribution in [0.25, 0.3) is 11.0 Å². The Hall–Kier alpha value is -1.97. The van der Waals surface area contributed by atoms with Crippen LogP contribution >= 0.6 is 0 Å². The Kier molecular flexibility index (Phi) is 2.33. The second-order valence-corrected chi connectivity index (χ2v) is 3.19. The van der Waals surface area contributed by atoms with Gasteiger partial charge in [0, 0.05) is 10.9 Å². The van der Waals surface area contributed by atoms with Gasteiger partial charge >= 0.3 is 5.97 Å². The van der Waals surface area contributed by atoms with Gasteiger partial charge in [-0.05, 0) is 18.2 Å². The number of rotatable bonds is 3. The molecule has 0 unspecified atom stereocenters. The normalized spacial score (nSPS) is 10.5. The van der Waals surface area contributed by atoms with Crippen LogP contribution in [0.1, 0.15) is 5.56 Å². The lowest BCUT2D eigenvalue weighted by molar-refractivity contribution is -0.136. The van der Waals surface area contributed by atoms with Gasteiger partial charge in [-0.25, -0.2) is 0 Å². The molecule has 1 N–H and O–H groups in total. The second kappa shape index (κ2) is 3.65. The summed E-state index contributed by atoms with van der Waals surface area (Å²) in [5, 5.41) is 9.49. The summed E-state index contributed by atoms with van der Waals surface area (Å²) in [6.07, 6.45) is 1.43. The maximum atomic E-state index is 10.6. The van der Waals surface area contributed by atoms with Crippen molar-refractivity contribution in [2.24, 2.45) is 0 Å². The lowest BCUT2D eigenvalue weighted by atomic mass is 10.1. The molecule has 4 nitrogen and oxygen atoms in total. The number of hydrogen-bond acceptors (Lipinski definition) is 3. The van der Waals surface area contributed by atoms with E-state index in [0.717, 1.165) is 5.39 Å². The number of carboxylic acids is 1. The van der Waals surface area contributed by atoms with E-state index in [4.69, 9.17) is 14.3 Å². The van der Waals surface area contributed by atoms with E-state index in [-0.39, 0.29) is 6.42 Å². The third-order valence-electron chi connectivity index (χ3n) is 2.20. The van der Waals surface area contributed by atoms with Gasteiger partial charge in [0.1, 0.15) is 11.3 Å². The highest BCUT2D eigenvalue weighted by Crippen LogP contribution is 2.25. The average molecular weight is 206 g/mol. The molecule has 0 radical (unpaired) electrons. The van der Waals surface area contributed by atoms with Gasteiger partial charge in [-0.1, -0.05) is 0 Å². The second-order valence-electron chi connectivity index (χ2n) is 3.19. The molecule has 1 aromatic heterocycles.